The zero-order valence-electron chi connectivity index (χ0n) is 10.3. The van der Waals surface area contributed by atoms with Crippen LogP contribution in [-0.4, -0.2) is 22.4 Å². The molecule has 0 bridgehead atoms. The van der Waals surface area contributed by atoms with Gasteiger partial charge >= 0.3 is 0 Å². The summed E-state index contributed by atoms with van der Waals surface area (Å²) in [5, 5.41) is 19.1. The summed E-state index contributed by atoms with van der Waals surface area (Å²) >= 11 is 0. The van der Waals surface area contributed by atoms with Crippen molar-refractivity contribution in [1.29, 1.82) is 0 Å². The molecule has 0 amide bonds. The molecule has 0 aromatic heterocycles. The molecule has 0 aliphatic rings. The number of rotatable bonds is 8. The lowest BCUT2D eigenvalue weighted by Crippen LogP contribution is -2.09. The van der Waals surface area contributed by atoms with Crippen LogP contribution in [0.5, 0.6) is 0 Å². The van der Waals surface area contributed by atoms with E-state index in [1.165, 1.54) is 12.8 Å². The molecule has 2 nitrogen and oxygen atoms in total. The van der Waals surface area contributed by atoms with Crippen LogP contribution in [0, 0.1) is 5.92 Å². The number of hydrogen-bond donors (Lipinski definition) is 2. The molecule has 15 heavy (non-hydrogen) atoms. The maximum Gasteiger partial charge on any atom is 0.0724 e. The van der Waals surface area contributed by atoms with E-state index in [0.29, 0.717) is 5.92 Å². The first kappa shape index (κ1) is 14.7. The van der Waals surface area contributed by atoms with Crippen LogP contribution in [0.25, 0.3) is 0 Å². The van der Waals surface area contributed by atoms with Crippen molar-refractivity contribution < 1.29 is 10.2 Å². The van der Waals surface area contributed by atoms with Crippen LogP contribution in [0.1, 0.15) is 52.9 Å². The van der Waals surface area contributed by atoms with Gasteiger partial charge in [0.15, 0.2) is 0 Å². The quantitative estimate of drug-likeness (QED) is 0.482. The second kappa shape index (κ2) is 8.93. The smallest absolute Gasteiger partial charge is 0.0724 e. The van der Waals surface area contributed by atoms with Crippen molar-refractivity contribution in [2.45, 2.75) is 65.1 Å². The van der Waals surface area contributed by atoms with Gasteiger partial charge in [0.1, 0.15) is 0 Å². The van der Waals surface area contributed by atoms with Crippen LogP contribution >= 0.6 is 0 Å². The third-order valence-corrected chi connectivity index (χ3v) is 2.37. The van der Waals surface area contributed by atoms with Gasteiger partial charge in [0, 0.05) is 0 Å². The third kappa shape index (κ3) is 9.95. The molecule has 2 N–H and O–H groups in total. The second-order valence-corrected chi connectivity index (χ2v) is 4.64. The molecule has 0 aliphatic heterocycles. The Morgan fingerprint density at radius 1 is 1.00 bits per heavy atom. The molecular formula is C13H26O2. The molecule has 90 valence electrons. The lowest BCUT2D eigenvalue weighted by Gasteiger charge is -2.09. The van der Waals surface area contributed by atoms with Crippen molar-refractivity contribution in [3.05, 3.63) is 12.2 Å². The van der Waals surface area contributed by atoms with E-state index in [4.69, 9.17) is 0 Å². The largest absolute Gasteiger partial charge is 0.389 e. The number of hydrogen-bond acceptors (Lipinski definition) is 2. The van der Waals surface area contributed by atoms with Gasteiger partial charge < -0.3 is 10.2 Å². The molecule has 0 spiro atoms. The minimum absolute atomic E-state index is 0.390. The fourth-order valence-corrected chi connectivity index (χ4v) is 1.52. The Morgan fingerprint density at radius 2 is 1.60 bits per heavy atom. The molecule has 0 fully saturated rings. The third-order valence-electron chi connectivity index (χ3n) is 2.37. The fraction of sp³-hybridized carbons (Fsp3) is 0.846. The summed E-state index contributed by atoms with van der Waals surface area (Å²) in [4.78, 5) is 0. The van der Waals surface area contributed by atoms with Gasteiger partial charge in [-0.25, -0.2) is 0 Å². The summed E-state index contributed by atoms with van der Waals surface area (Å²) in [5.74, 6) is 0.488. The average molecular weight is 214 g/mol. The maximum absolute atomic E-state index is 9.56. The van der Waals surface area contributed by atoms with Gasteiger partial charge in [0.25, 0.3) is 0 Å². The molecule has 0 heterocycles. The lowest BCUT2D eigenvalue weighted by molar-refractivity contribution is 0.184. The van der Waals surface area contributed by atoms with Crippen molar-refractivity contribution in [2.75, 3.05) is 0 Å². The molecule has 0 radical (unpaired) electrons. The lowest BCUT2D eigenvalue weighted by atomic mass is 10.0. The van der Waals surface area contributed by atoms with Crippen LogP contribution in [0.3, 0.4) is 0 Å². The number of aliphatic hydroxyl groups is 2. The predicted molar refractivity (Wildman–Crippen MR) is 64.8 cm³/mol. The standard InChI is InChI=1S/C13H26O2/c1-4-5-6-7-12(14)8-9-13(15)10-11(2)3/h8-9,11-15H,4-7,10H2,1-3H3. The normalized spacial score (nSPS) is 16.1. The molecule has 0 aromatic rings. The number of aliphatic hydroxyl groups excluding tert-OH is 2. The monoisotopic (exact) mass is 214 g/mol. The molecule has 0 saturated carbocycles. The summed E-state index contributed by atoms with van der Waals surface area (Å²) in [7, 11) is 0. The zero-order valence-corrected chi connectivity index (χ0v) is 10.3. The van der Waals surface area contributed by atoms with E-state index in [1.54, 1.807) is 12.2 Å². The second-order valence-electron chi connectivity index (χ2n) is 4.64. The average Bonchev–Trinajstić information content (AvgIpc) is 2.14. The van der Waals surface area contributed by atoms with Gasteiger partial charge in [0.2, 0.25) is 0 Å². The van der Waals surface area contributed by atoms with Crippen molar-refractivity contribution in [3.8, 4) is 0 Å². The molecule has 0 aliphatic carbocycles. The Labute approximate surface area is 94.0 Å². The van der Waals surface area contributed by atoms with Crippen molar-refractivity contribution in [1.82, 2.24) is 0 Å². The van der Waals surface area contributed by atoms with Crippen LogP contribution in [-0.2, 0) is 0 Å². The van der Waals surface area contributed by atoms with Gasteiger partial charge in [0.05, 0.1) is 12.2 Å². The van der Waals surface area contributed by atoms with E-state index in [1.807, 2.05) is 0 Å². The Kier molecular flexibility index (Phi) is 8.73. The van der Waals surface area contributed by atoms with E-state index >= 15 is 0 Å². The Hall–Kier alpha value is -0.340. The number of unbranched alkanes of at least 4 members (excludes halogenated alkanes) is 2. The summed E-state index contributed by atoms with van der Waals surface area (Å²) < 4.78 is 0. The summed E-state index contributed by atoms with van der Waals surface area (Å²) in [6, 6.07) is 0. The molecule has 2 heteroatoms. The first-order valence-corrected chi connectivity index (χ1v) is 6.10. The van der Waals surface area contributed by atoms with Crippen molar-refractivity contribution in [3.63, 3.8) is 0 Å². The first-order chi connectivity index (χ1) is 7.06. The minimum atomic E-state index is -0.411. The van der Waals surface area contributed by atoms with E-state index in [0.717, 1.165) is 19.3 Å². The molecule has 0 aromatic carbocycles. The molecule has 0 saturated heterocycles. The van der Waals surface area contributed by atoms with Crippen molar-refractivity contribution >= 4 is 0 Å². The Balaban J connectivity index is 3.64. The van der Waals surface area contributed by atoms with Crippen LogP contribution in [0.2, 0.25) is 0 Å². The maximum atomic E-state index is 9.56. The van der Waals surface area contributed by atoms with E-state index in [-0.39, 0.29) is 0 Å². The van der Waals surface area contributed by atoms with Gasteiger partial charge in [-0.2, -0.15) is 0 Å². The van der Waals surface area contributed by atoms with Gasteiger partial charge in [-0.05, 0) is 18.8 Å². The first-order valence-electron chi connectivity index (χ1n) is 6.10. The topological polar surface area (TPSA) is 40.5 Å². The fourth-order valence-electron chi connectivity index (χ4n) is 1.52. The summed E-state index contributed by atoms with van der Waals surface area (Å²) in [6.45, 7) is 6.30. The minimum Gasteiger partial charge on any atom is -0.389 e. The highest BCUT2D eigenvalue weighted by Gasteiger charge is 2.04. The summed E-state index contributed by atoms with van der Waals surface area (Å²) in [6.07, 6.45) is 7.61. The van der Waals surface area contributed by atoms with E-state index < -0.39 is 12.2 Å². The molecule has 2 atom stereocenters. The van der Waals surface area contributed by atoms with E-state index in [2.05, 4.69) is 20.8 Å². The van der Waals surface area contributed by atoms with E-state index in [9.17, 15) is 10.2 Å². The summed E-state index contributed by atoms with van der Waals surface area (Å²) in [5.41, 5.74) is 0. The highest BCUT2D eigenvalue weighted by Crippen LogP contribution is 2.08. The van der Waals surface area contributed by atoms with Gasteiger partial charge in [-0.15, -0.1) is 0 Å². The van der Waals surface area contributed by atoms with Crippen LogP contribution < -0.4 is 0 Å². The molecule has 0 rings (SSSR count). The van der Waals surface area contributed by atoms with Crippen LogP contribution in [0.15, 0.2) is 12.2 Å². The Morgan fingerprint density at radius 3 is 2.13 bits per heavy atom. The highest BCUT2D eigenvalue weighted by molar-refractivity contribution is 4.93. The highest BCUT2D eigenvalue weighted by atomic mass is 16.3. The molecule has 2 unspecified atom stereocenters. The zero-order chi connectivity index (χ0) is 11.7. The van der Waals surface area contributed by atoms with Gasteiger partial charge in [-0.3, -0.25) is 0 Å². The predicted octanol–water partition coefficient (Wildman–Crippen LogP) is 2.89. The Bertz CT molecular complexity index is 164. The molecular weight excluding hydrogens is 188 g/mol. The SMILES string of the molecule is CCCCCC(O)C=CC(O)CC(C)C. The van der Waals surface area contributed by atoms with Gasteiger partial charge in [-0.1, -0.05) is 52.2 Å². The van der Waals surface area contributed by atoms with Crippen LogP contribution in [0.4, 0.5) is 0 Å². The van der Waals surface area contributed by atoms with Crippen molar-refractivity contribution in [2.24, 2.45) is 5.92 Å².